The minimum absolute atomic E-state index is 0.192. The normalized spacial score (nSPS) is 16.3. The van der Waals surface area contributed by atoms with Gasteiger partial charge in [0.15, 0.2) is 0 Å². The Kier molecular flexibility index (Phi) is 4.38. The Morgan fingerprint density at radius 3 is 2.52 bits per heavy atom. The zero-order chi connectivity index (χ0) is 14.9. The maximum atomic E-state index is 5.31. The Morgan fingerprint density at radius 1 is 1.14 bits per heavy atom. The maximum Gasteiger partial charge on any atom is 0.133 e. The van der Waals surface area contributed by atoms with Crippen LogP contribution in [-0.2, 0) is 11.8 Å². The smallest absolute Gasteiger partial charge is 0.133 e. The summed E-state index contributed by atoms with van der Waals surface area (Å²) in [6, 6.07) is 15.0. The molecule has 0 unspecified atom stereocenters. The lowest BCUT2D eigenvalue weighted by Crippen LogP contribution is -2.58. The minimum Gasteiger partial charge on any atom is -0.496 e. The number of nitrogens with one attached hydrogen (secondary N) is 1. The Hall–Kier alpha value is -0.840. The fourth-order valence-corrected chi connectivity index (χ4v) is 3.87. The lowest BCUT2D eigenvalue weighted by atomic mass is 9.71. The molecule has 1 fully saturated rings. The molecule has 0 bridgehead atoms. The van der Waals surface area contributed by atoms with Crippen LogP contribution in [-0.4, -0.2) is 20.2 Å². The lowest BCUT2D eigenvalue weighted by Gasteiger charge is -2.43. The molecule has 4 heteroatoms. The maximum absolute atomic E-state index is 5.31. The molecule has 1 aliphatic rings. The van der Waals surface area contributed by atoms with Gasteiger partial charge >= 0.3 is 0 Å². The molecule has 2 nitrogen and oxygen atoms in total. The number of rotatable bonds is 4. The Bertz CT molecular complexity index is 653. The summed E-state index contributed by atoms with van der Waals surface area (Å²) in [5.41, 5.74) is 2.91. The van der Waals surface area contributed by atoms with Crippen molar-refractivity contribution in [2.75, 3.05) is 20.2 Å². The van der Waals surface area contributed by atoms with E-state index in [0.29, 0.717) is 0 Å². The van der Waals surface area contributed by atoms with Crippen LogP contribution in [0.15, 0.2) is 51.4 Å². The van der Waals surface area contributed by atoms with Crippen LogP contribution in [0.4, 0.5) is 0 Å². The first-order chi connectivity index (χ1) is 10.1. The van der Waals surface area contributed by atoms with Gasteiger partial charge in [-0.2, -0.15) is 0 Å². The summed E-state index contributed by atoms with van der Waals surface area (Å²) in [6.07, 6.45) is 1.03. The zero-order valence-corrected chi connectivity index (χ0v) is 15.0. The van der Waals surface area contributed by atoms with Crippen LogP contribution in [0.1, 0.15) is 11.1 Å². The molecule has 0 aliphatic carbocycles. The highest BCUT2D eigenvalue weighted by Crippen LogP contribution is 2.35. The standard InChI is InChI=1S/C17H17Br2NO/c1-21-16-6-5-12(7-15(16)19)9-17(10-20-11-17)13-3-2-4-14(18)8-13/h2-8,20H,9-11H2,1H3. The molecule has 3 rings (SSSR count). The van der Waals surface area contributed by atoms with Crippen LogP contribution in [0.5, 0.6) is 5.75 Å². The molecule has 0 atom stereocenters. The summed E-state index contributed by atoms with van der Waals surface area (Å²) in [6.45, 7) is 2.04. The monoisotopic (exact) mass is 409 g/mol. The fourth-order valence-electron chi connectivity index (χ4n) is 2.89. The quantitative estimate of drug-likeness (QED) is 0.810. The Morgan fingerprint density at radius 2 is 1.95 bits per heavy atom. The van der Waals surface area contributed by atoms with E-state index in [4.69, 9.17) is 4.74 Å². The number of benzene rings is 2. The number of ether oxygens (including phenoxy) is 1. The van der Waals surface area contributed by atoms with E-state index in [9.17, 15) is 0 Å². The van der Waals surface area contributed by atoms with Gasteiger partial charge in [-0.05, 0) is 57.7 Å². The summed E-state index contributed by atoms with van der Waals surface area (Å²) in [5, 5.41) is 3.43. The van der Waals surface area contributed by atoms with Crippen molar-refractivity contribution in [2.24, 2.45) is 0 Å². The zero-order valence-electron chi connectivity index (χ0n) is 11.8. The summed E-state index contributed by atoms with van der Waals surface area (Å²) in [4.78, 5) is 0. The molecule has 1 heterocycles. The molecule has 1 aliphatic heterocycles. The minimum atomic E-state index is 0.192. The van der Waals surface area contributed by atoms with Crippen molar-refractivity contribution in [2.45, 2.75) is 11.8 Å². The van der Waals surface area contributed by atoms with E-state index in [1.807, 2.05) is 6.07 Å². The molecule has 2 aromatic rings. The predicted octanol–water partition coefficient (Wildman–Crippen LogP) is 4.30. The van der Waals surface area contributed by atoms with Gasteiger partial charge in [0.25, 0.3) is 0 Å². The van der Waals surface area contributed by atoms with Crippen LogP contribution in [0.2, 0.25) is 0 Å². The molecule has 0 radical (unpaired) electrons. The molecule has 2 aromatic carbocycles. The second-order valence-electron chi connectivity index (χ2n) is 5.54. The lowest BCUT2D eigenvalue weighted by molar-refractivity contribution is 0.274. The summed E-state index contributed by atoms with van der Waals surface area (Å²) < 4.78 is 7.46. The van der Waals surface area contributed by atoms with Crippen molar-refractivity contribution in [3.8, 4) is 5.75 Å². The van der Waals surface area contributed by atoms with Gasteiger partial charge in [-0.3, -0.25) is 0 Å². The molecule has 0 aromatic heterocycles. The van der Waals surface area contributed by atoms with Crippen LogP contribution in [0, 0.1) is 0 Å². The first-order valence-electron chi connectivity index (χ1n) is 6.92. The molecule has 21 heavy (non-hydrogen) atoms. The third-order valence-electron chi connectivity index (χ3n) is 4.12. The van der Waals surface area contributed by atoms with Gasteiger partial charge in [0.1, 0.15) is 5.75 Å². The number of methoxy groups -OCH3 is 1. The van der Waals surface area contributed by atoms with E-state index >= 15 is 0 Å². The first-order valence-corrected chi connectivity index (χ1v) is 8.51. The van der Waals surface area contributed by atoms with Crippen LogP contribution in [0.3, 0.4) is 0 Å². The van der Waals surface area contributed by atoms with Crippen LogP contribution >= 0.6 is 31.9 Å². The van der Waals surface area contributed by atoms with E-state index in [0.717, 1.165) is 34.2 Å². The molecule has 0 saturated carbocycles. The third kappa shape index (κ3) is 3.03. The highest BCUT2D eigenvalue weighted by atomic mass is 79.9. The highest BCUT2D eigenvalue weighted by Gasteiger charge is 2.38. The summed E-state index contributed by atoms with van der Waals surface area (Å²) in [5.74, 6) is 0.877. The molecule has 0 amide bonds. The second-order valence-corrected chi connectivity index (χ2v) is 7.31. The predicted molar refractivity (Wildman–Crippen MR) is 93.1 cm³/mol. The molecule has 1 N–H and O–H groups in total. The van der Waals surface area contributed by atoms with Gasteiger partial charge in [-0.1, -0.05) is 34.1 Å². The van der Waals surface area contributed by atoms with Gasteiger partial charge in [0, 0.05) is 23.0 Å². The number of halogens is 2. The first kappa shape index (κ1) is 15.1. The molecular formula is C17H17Br2NO. The van der Waals surface area contributed by atoms with Gasteiger partial charge in [-0.25, -0.2) is 0 Å². The molecular weight excluding hydrogens is 394 g/mol. The largest absolute Gasteiger partial charge is 0.496 e. The highest BCUT2D eigenvalue weighted by molar-refractivity contribution is 9.10. The third-order valence-corrected chi connectivity index (χ3v) is 5.24. The van der Waals surface area contributed by atoms with Crippen molar-refractivity contribution in [3.05, 3.63) is 62.5 Å². The number of hydrogen-bond acceptors (Lipinski definition) is 2. The van der Waals surface area contributed by atoms with E-state index in [-0.39, 0.29) is 5.41 Å². The van der Waals surface area contributed by atoms with Crippen molar-refractivity contribution in [1.29, 1.82) is 0 Å². The Labute approximate surface area is 142 Å². The van der Waals surface area contributed by atoms with Crippen molar-refractivity contribution >= 4 is 31.9 Å². The molecule has 110 valence electrons. The average Bonchev–Trinajstić information content (AvgIpc) is 2.43. The molecule has 1 saturated heterocycles. The van der Waals surface area contributed by atoms with E-state index < -0.39 is 0 Å². The van der Waals surface area contributed by atoms with Gasteiger partial charge in [0.2, 0.25) is 0 Å². The van der Waals surface area contributed by atoms with Crippen LogP contribution in [0.25, 0.3) is 0 Å². The van der Waals surface area contributed by atoms with Gasteiger partial charge < -0.3 is 10.1 Å². The van der Waals surface area contributed by atoms with E-state index in [2.05, 4.69) is 73.6 Å². The van der Waals surface area contributed by atoms with Crippen molar-refractivity contribution < 1.29 is 4.74 Å². The average molecular weight is 411 g/mol. The van der Waals surface area contributed by atoms with Gasteiger partial charge in [0.05, 0.1) is 11.6 Å². The van der Waals surface area contributed by atoms with E-state index in [1.165, 1.54) is 11.1 Å². The summed E-state index contributed by atoms with van der Waals surface area (Å²) >= 11 is 7.15. The SMILES string of the molecule is COc1ccc(CC2(c3cccc(Br)c3)CNC2)cc1Br. The van der Waals surface area contributed by atoms with Gasteiger partial charge in [-0.15, -0.1) is 0 Å². The topological polar surface area (TPSA) is 21.3 Å². The molecule has 0 spiro atoms. The summed E-state index contributed by atoms with van der Waals surface area (Å²) in [7, 11) is 1.69. The van der Waals surface area contributed by atoms with Crippen LogP contribution < -0.4 is 10.1 Å². The number of hydrogen-bond donors (Lipinski definition) is 1. The second kappa shape index (κ2) is 6.11. The van der Waals surface area contributed by atoms with Crippen molar-refractivity contribution in [3.63, 3.8) is 0 Å². The Balaban J connectivity index is 1.89. The van der Waals surface area contributed by atoms with Crippen molar-refractivity contribution in [1.82, 2.24) is 5.32 Å². The van der Waals surface area contributed by atoms with E-state index in [1.54, 1.807) is 7.11 Å². The fraction of sp³-hybridized carbons (Fsp3) is 0.294.